The molecule has 4 nitrogen and oxygen atoms in total. The first-order chi connectivity index (χ1) is 8.65. The van der Waals surface area contributed by atoms with Crippen LogP contribution < -0.4 is 10.6 Å². The van der Waals surface area contributed by atoms with E-state index < -0.39 is 0 Å². The molecule has 0 bridgehead atoms. The van der Waals surface area contributed by atoms with Gasteiger partial charge in [-0.2, -0.15) is 0 Å². The number of anilines is 1. The summed E-state index contributed by atoms with van der Waals surface area (Å²) in [5.41, 5.74) is 6.88. The SMILES string of the molecule is CC(N)Cc1cnc(N(C)CC2CCCC2)nc1. The molecule has 1 unspecified atom stereocenters. The molecule has 0 aliphatic heterocycles. The zero-order valence-corrected chi connectivity index (χ0v) is 11.5. The predicted molar refractivity (Wildman–Crippen MR) is 74.6 cm³/mol. The van der Waals surface area contributed by atoms with Crippen LogP contribution in [0.3, 0.4) is 0 Å². The van der Waals surface area contributed by atoms with Crippen LogP contribution in [-0.4, -0.2) is 29.6 Å². The normalized spacial score (nSPS) is 17.9. The summed E-state index contributed by atoms with van der Waals surface area (Å²) in [5.74, 6) is 1.65. The van der Waals surface area contributed by atoms with Gasteiger partial charge in [0.05, 0.1) is 0 Å². The molecular weight excluding hydrogens is 224 g/mol. The molecule has 100 valence electrons. The van der Waals surface area contributed by atoms with Gasteiger partial charge in [-0.3, -0.25) is 0 Å². The lowest BCUT2D eigenvalue weighted by Crippen LogP contribution is -2.26. The van der Waals surface area contributed by atoms with E-state index in [0.717, 1.165) is 30.4 Å². The summed E-state index contributed by atoms with van der Waals surface area (Å²) < 4.78 is 0. The number of nitrogens with two attached hydrogens (primary N) is 1. The van der Waals surface area contributed by atoms with Gasteiger partial charge in [0, 0.05) is 32.0 Å². The van der Waals surface area contributed by atoms with Crippen molar-refractivity contribution in [1.82, 2.24) is 9.97 Å². The van der Waals surface area contributed by atoms with Crippen molar-refractivity contribution in [2.45, 2.75) is 45.1 Å². The van der Waals surface area contributed by atoms with Crippen molar-refractivity contribution in [3.05, 3.63) is 18.0 Å². The van der Waals surface area contributed by atoms with Gasteiger partial charge in [0.15, 0.2) is 0 Å². The number of nitrogens with zero attached hydrogens (tertiary/aromatic N) is 3. The lowest BCUT2D eigenvalue weighted by Gasteiger charge is -2.21. The second-order valence-electron chi connectivity index (χ2n) is 5.60. The van der Waals surface area contributed by atoms with E-state index in [1.165, 1.54) is 25.7 Å². The van der Waals surface area contributed by atoms with Crippen LogP contribution >= 0.6 is 0 Å². The molecule has 1 aliphatic carbocycles. The van der Waals surface area contributed by atoms with Crippen molar-refractivity contribution in [2.75, 3.05) is 18.5 Å². The van der Waals surface area contributed by atoms with Crippen LogP contribution in [0.1, 0.15) is 38.2 Å². The van der Waals surface area contributed by atoms with Crippen LogP contribution in [-0.2, 0) is 6.42 Å². The molecule has 1 fully saturated rings. The summed E-state index contributed by atoms with van der Waals surface area (Å²) >= 11 is 0. The third-order valence-electron chi connectivity index (χ3n) is 3.60. The van der Waals surface area contributed by atoms with Crippen LogP contribution in [0, 0.1) is 5.92 Å². The minimum absolute atomic E-state index is 0.163. The molecule has 1 heterocycles. The molecule has 0 amide bonds. The topological polar surface area (TPSA) is 55.0 Å². The van der Waals surface area contributed by atoms with E-state index in [0.29, 0.717) is 0 Å². The van der Waals surface area contributed by atoms with E-state index in [1.54, 1.807) is 0 Å². The summed E-state index contributed by atoms with van der Waals surface area (Å²) in [6, 6.07) is 0.163. The maximum atomic E-state index is 5.77. The van der Waals surface area contributed by atoms with Crippen molar-refractivity contribution in [1.29, 1.82) is 0 Å². The van der Waals surface area contributed by atoms with Crippen LogP contribution in [0.4, 0.5) is 5.95 Å². The van der Waals surface area contributed by atoms with Gasteiger partial charge < -0.3 is 10.6 Å². The number of hydrogen-bond acceptors (Lipinski definition) is 4. The van der Waals surface area contributed by atoms with Crippen molar-refractivity contribution in [3.63, 3.8) is 0 Å². The average Bonchev–Trinajstić information content (AvgIpc) is 2.82. The van der Waals surface area contributed by atoms with E-state index in [1.807, 2.05) is 19.3 Å². The Kier molecular flexibility index (Phi) is 4.53. The van der Waals surface area contributed by atoms with E-state index >= 15 is 0 Å². The molecule has 1 aliphatic rings. The zero-order valence-electron chi connectivity index (χ0n) is 11.5. The van der Waals surface area contributed by atoms with Gasteiger partial charge in [0.1, 0.15) is 0 Å². The Balaban J connectivity index is 1.91. The minimum Gasteiger partial charge on any atom is -0.344 e. The zero-order chi connectivity index (χ0) is 13.0. The summed E-state index contributed by atoms with van der Waals surface area (Å²) in [6.45, 7) is 3.08. The molecule has 1 atom stereocenters. The molecule has 1 aromatic heterocycles. The standard InChI is InChI=1S/C14H24N4/c1-11(15)7-13-8-16-14(17-9-13)18(2)10-12-5-3-4-6-12/h8-9,11-12H,3-7,10,15H2,1-2H3. The minimum atomic E-state index is 0.163. The van der Waals surface area contributed by atoms with Gasteiger partial charge in [-0.05, 0) is 37.7 Å². The molecule has 0 spiro atoms. The van der Waals surface area contributed by atoms with Gasteiger partial charge in [-0.1, -0.05) is 12.8 Å². The molecule has 2 N–H and O–H groups in total. The largest absolute Gasteiger partial charge is 0.344 e. The highest BCUT2D eigenvalue weighted by molar-refractivity contribution is 5.28. The van der Waals surface area contributed by atoms with Crippen LogP contribution in [0.25, 0.3) is 0 Å². The third kappa shape index (κ3) is 3.67. The molecule has 4 heteroatoms. The maximum absolute atomic E-state index is 5.77. The van der Waals surface area contributed by atoms with Crippen molar-refractivity contribution >= 4 is 5.95 Å². The Bertz CT molecular complexity index is 355. The maximum Gasteiger partial charge on any atom is 0.224 e. The van der Waals surface area contributed by atoms with E-state index in [4.69, 9.17) is 5.73 Å². The number of rotatable bonds is 5. The van der Waals surface area contributed by atoms with Crippen molar-refractivity contribution in [3.8, 4) is 0 Å². The molecule has 0 aromatic carbocycles. The second kappa shape index (κ2) is 6.14. The highest BCUT2D eigenvalue weighted by Gasteiger charge is 2.17. The molecular formula is C14H24N4. The Labute approximate surface area is 110 Å². The first kappa shape index (κ1) is 13.3. The monoisotopic (exact) mass is 248 g/mol. The molecule has 1 aromatic rings. The summed E-state index contributed by atoms with van der Waals surface area (Å²) in [5, 5.41) is 0. The van der Waals surface area contributed by atoms with Crippen LogP contribution in [0.2, 0.25) is 0 Å². The Morgan fingerprint density at radius 3 is 2.50 bits per heavy atom. The van der Waals surface area contributed by atoms with Gasteiger partial charge in [0.25, 0.3) is 0 Å². The predicted octanol–water partition coefficient (Wildman–Crippen LogP) is 1.99. The smallest absolute Gasteiger partial charge is 0.224 e. The molecule has 0 saturated heterocycles. The number of hydrogen-bond donors (Lipinski definition) is 1. The molecule has 18 heavy (non-hydrogen) atoms. The van der Waals surface area contributed by atoms with Gasteiger partial charge in [-0.25, -0.2) is 9.97 Å². The van der Waals surface area contributed by atoms with Gasteiger partial charge in [0.2, 0.25) is 5.95 Å². The Hall–Kier alpha value is -1.16. The Morgan fingerprint density at radius 1 is 1.33 bits per heavy atom. The van der Waals surface area contributed by atoms with Crippen LogP contribution in [0.15, 0.2) is 12.4 Å². The highest BCUT2D eigenvalue weighted by atomic mass is 15.2. The van der Waals surface area contributed by atoms with E-state index in [2.05, 4.69) is 21.9 Å². The third-order valence-corrected chi connectivity index (χ3v) is 3.60. The lowest BCUT2D eigenvalue weighted by molar-refractivity contribution is 0.542. The molecule has 0 radical (unpaired) electrons. The second-order valence-corrected chi connectivity index (χ2v) is 5.60. The molecule has 2 rings (SSSR count). The van der Waals surface area contributed by atoms with Gasteiger partial charge >= 0.3 is 0 Å². The quantitative estimate of drug-likeness (QED) is 0.866. The van der Waals surface area contributed by atoms with Crippen molar-refractivity contribution in [2.24, 2.45) is 11.7 Å². The average molecular weight is 248 g/mol. The van der Waals surface area contributed by atoms with Crippen molar-refractivity contribution < 1.29 is 0 Å². The number of aromatic nitrogens is 2. The summed E-state index contributed by atoms with van der Waals surface area (Å²) in [7, 11) is 2.08. The first-order valence-corrected chi connectivity index (χ1v) is 6.93. The van der Waals surface area contributed by atoms with Crippen LogP contribution in [0.5, 0.6) is 0 Å². The fraction of sp³-hybridized carbons (Fsp3) is 0.714. The first-order valence-electron chi connectivity index (χ1n) is 6.93. The van der Waals surface area contributed by atoms with E-state index in [-0.39, 0.29) is 6.04 Å². The fourth-order valence-corrected chi connectivity index (χ4v) is 2.68. The van der Waals surface area contributed by atoms with E-state index in [9.17, 15) is 0 Å². The van der Waals surface area contributed by atoms with Gasteiger partial charge in [-0.15, -0.1) is 0 Å². The summed E-state index contributed by atoms with van der Waals surface area (Å²) in [4.78, 5) is 11.0. The Morgan fingerprint density at radius 2 is 1.94 bits per heavy atom. The fourth-order valence-electron chi connectivity index (χ4n) is 2.68. The summed E-state index contributed by atoms with van der Waals surface area (Å²) in [6.07, 6.45) is 10.1. The molecule has 1 saturated carbocycles. The lowest BCUT2D eigenvalue weighted by atomic mass is 10.1. The highest BCUT2D eigenvalue weighted by Crippen LogP contribution is 2.25.